The number of quaternary nitrogens is 1. The van der Waals surface area contributed by atoms with Gasteiger partial charge in [-0.1, -0.05) is 12.1 Å². The monoisotopic (exact) mass is 208 g/mol. The molecule has 0 fully saturated rings. The molecule has 82 valence electrons. The van der Waals surface area contributed by atoms with E-state index in [0.717, 1.165) is 17.0 Å². The average molecular weight is 208 g/mol. The van der Waals surface area contributed by atoms with E-state index in [4.69, 9.17) is 4.74 Å². The molecule has 2 rings (SSSR count). The third-order valence-corrected chi connectivity index (χ3v) is 2.81. The first-order valence-corrected chi connectivity index (χ1v) is 5.21. The van der Waals surface area contributed by atoms with Crippen LogP contribution in [0.2, 0.25) is 0 Å². The summed E-state index contributed by atoms with van der Waals surface area (Å²) in [6, 6.07) is 5.95. The molecule has 0 aromatic heterocycles. The first kappa shape index (κ1) is 10.5. The van der Waals surface area contributed by atoms with Crippen molar-refractivity contribution in [2.24, 2.45) is 0 Å². The van der Waals surface area contributed by atoms with Gasteiger partial charge in [0, 0.05) is 11.6 Å². The highest BCUT2D eigenvalue weighted by molar-refractivity contribution is 5.61. The number of benzene rings is 1. The van der Waals surface area contributed by atoms with Gasteiger partial charge in [0.25, 0.3) is 0 Å². The molecule has 2 atom stereocenters. The number of hydrogen-bond acceptors (Lipinski definition) is 2. The lowest BCUT2D eigenvalue weighted by Gasteiger charge is -2.25. The summed E-state index contributed by atoms with van der Waals surface area (Å²) in [7, 11) is 6.27. The number of rotatable bonds is 1. The van der Waals surface area contributed by atoms with Gasteiger partial charge in [0.05, 0.1) is 21.1 Å². The van der Waals surface area contributed by atoms with E-state index in [2.05, 4.69) is 21.1 Å². The van der Waals surface area contributed by atoms with E-state index in [0.29, 0.717) is 4.48 Å². The fourth-order valence-corrected chi connectivity index (χ4v) is 1.93. The Kier molecular flexibility index (Phi) is 2.24. The first-order chi connectivity index (χ1) is 6.91. The van der Waals surface area contributed by atoms with Crippen molar-refractivity contribution in [1.29, 1.82) is 0 Å². The van der Waals surface area contributed by atoms with E-state index < -0.39 is 6.10 Å². The molecule has 1 aromatic rings. The molecule has 0 saturated heterocycles. The Morgan fingerprint density at radius 2 is 1.93 bits per heavy atom. The summed E-state index contributed by atoms with van der Waals surface area (Å²) < 4.78 is 6.41. The van der Waals surface area contributed by atoms with Crippen LogP contribution >= 0.6 is 0 Å². The molecule has 1 aromatic carbocycles. The Morgan fingerprint density at radius 1 is 1.27 bits per heavy atom. The van der Waals surface area contributed by atoms with Crippen molar-refractivity contribution in [2.75, 3.05) is 21.1 Å². The maximum absolute atomic E-state index is 9.91. The number of para-hydroxylation sites is 1. The largest absolute Gasteiger partial charge is 0.481 e. The van der Waals surface area contributed by atoms with Gasteiger partial charge in [0.2, 0.25) is 0 Å². The average Bonchev–Trinajstić information content (AvgIpc) is 2.41. The molecule has 0 amide bonds. The fourth-order valence-electron chi connectivity index (χ4n) is 1.93. The Bertz CT molecular complexity index is 382. The minimum atomic E-state index is -0.494. The van der Waals surface area contributed by atoms with Crippen molar-refractivity contribution >= 4 is 5.69 Å². The van der Waals surface area contributed by atoms with E-state index in [9.17, 15) is 5.11 Å². The van der Waals surface area contributed by atoms with E-state index in [1.54, 1.807) is 0 Å². The molecule has 0 bridgehead atoms. The molecular formula is C12H18NO2+. The highest BCUT2D eigenvalue weighted by Crippen LogP contribution is 2.43. The molecule has 3 nitrogen and oxygen atoms in total. The zero-order valence-electron chi connectivity index (χ0n) is 9.69. The van der Waals surface area contributed by atoms with Gasteiger partial charge < -0.3 is 9.84 Å². The number of ether oxygens (including phenoxy) is 1. The Balaban J connectivity index is 2.55. The summed E-state index contributed by atoms with van der Waals surface area (Å²) in [6.07, 6.45) is -0.640. The van der Waals surface area contributed by atoms with Crippen LogP contribution in [-0.2, 0) is 0 Å². The predicted molar refractivity (Wildman–Crippen MR) is 61.1 cm³/mol. The van der Waals surface area contributed by atoms with Gasteiger partial charge in [0.1, 0.15) is 12.2 Å². The maximum atomic E-state index is 9.91. The van der Waals surface area contributed by atoms with Crippen LogP contribution < -0.4 is 9.22 Å². The molecule has 0 saturated carbocycles. The van der Waals surface area contributed by atoms with Crippen LogP contribution in [0.25, 0.3) is 0 Å². The SMILES string of the molecule is C[C@H]1Oc2c(cccc2[N+](C)(C)C)[C@@H]1O. The quantitative estimate of drug-likeness (QED) is 0.712. The fraction of sp³-hybridized carbons (Fsp3) is 0.500. The van der Waals surface area contributed by atoms with Gasteiger partial charge in [-0.3, -0.25) is 4.48 Å². The second kappa shape index (κ2) is 3.22. The van der Waals surface area contributed by atoms with Crippen molar-refractivity contribution in [3.8, 4) is 5.75 Å². The molecular weight excluding hydrogens is 190 g/mol. The lowest BCUT2D eigenvalue weighted by molar-refractivity contribution is 0.0793. The Labute approximate surface area is 90.5 Å². The molecule has 0 radical (unpaired) electrons. The van der Waals surface area contributed by atoms with Gasteiger partial charge in [-0.2, -0.15) is 0 Å². The number of aliphatic hydroxyl groups excluding tert-OH is 1. The third-order valence-electron chi connectivity index (χ3n) is 2.81. The molecule has 1 aliphatic rings. The first-order valence-electron chi connectivity index (χ1n) is 5.21. The second-order valence-electron chi connectivity index (χ2n) is 4.98. The molecule has 0 unspecified atom stereocenters. The van der Waals surface area contributed by atoms with Crippen LogP contribution in [0.5, 0.6) is 5.75 Å². The lowest BCUT2D eigenvalue weighted by atomic mass is 10.1. The van der Waals surface area contributed by atoms with Gasteiger partial charge in [-0.05, 0) is 6.92 Å². The zero-order chi connectivity index (χ0) is 11.2. The lowest BCUT2D eigenvalue weighted by Crippen LogP contribution is -2.35. The Hall–Kier alpha value is -1.06. The van der Waals surface area contributed by atoms with E-state index in [1.165, 1.54) is 0 Å². The summed E-state index contributed by atoms with van der Waals surface area (Å²) in [5, 5.41) is 9.91. The Morgan fingerprint density at radius 3 is 2.53 bits per heavy atom. The van der Waals surface area contributed by atoms with Crippen molar-refractivity contribution in [3.63, 3.8) is 0 Å². The number of hydrogen-bond donors (Lipinski definition) is 1. The molecule has 0 aliphatic carbocycles. The predicted octanol–water partition coefficient (Wildman–Crippen LogP) is 1.70. The van der Waals surface area contributed by atoms with Crippen LogP contribution in [0.15, 0.2) is 18.2 Å². The maximum Gasteiger partial charge on any atom is 0.186 e. The summed E-state index contributed by atoms with van der Waals surface area (Å²) in [5.41, 5.74) is 2.02. The molecule has 1 aliphatic heterocycles. The van der Waals surface area contributed by atoms with Crippen LogP contribution in [0.3, 0.4) is 0 Å². The van der Waals surface area contributed by atoms with Gasteiger partial charge >= 0.3 is 0 Å². The van der Waals surface area contributed by atoms with Crippen molar-refractivity contribution in [3.05, 3.63) is 23.8 Å². The molecule has 0 spiro atoms. The van der Waals surface area contributed by atoms with Crippen LogP contribution in [0.1, 0.15) is 18.6 Å². The van der Waals surface area contributed by atoms with E-state index in [-0.39, 0.29) is 6.10 Å². The number of aliphatic hydroxyl groups is 1. The summed E-state index contributed by atoms with van der Waals surface area (Å²) in [4.78, 5) is 0. The van der Waals surface area contributed by atoms with Gasteiger partial charge in [-0.25, -0.2) is 0 Å². The molecule has 3 heteroatoms. The van der Waals surface area contributed by atoms with Gasteiger partial charge in [-0.15, -0.1) is 0 Å². The summed E-state index contributed by atoms with van der Waals surface area (Å²) >= 11 is 0. The smallest absolute Gasteiger partial charge is 0.186 e. The van der Waals surface area contributed by atoms with Gasteiger partial charge in [0.15, 0.2) is 11.4 Å². The normalized spacial score (nSPS) is 24.9. The van der Waals surface area contributed by atoms with E-state index in [1.807, 2.05) is 25.1 Å². The topological polar surface area (TPSA) is 29.5 Å². The zero-order valence-corrected chi connectivity index (χ0v) is 9.69. The van der Waals surface area contributed by atoms with Crippen molar-refractivity contribution in [2.45, 2.75) is 19.1 Å². The van der Waals surface area contributed by atoms with Crippen LogP contribution in [0.4, 0.5) is 5.69 Å². The number of nitrogens with zero attached hydrogens (tertiary/aromatic N) is 1. The highest BCUT2D eigenvalue weighted by Gasteiger charge is 2.34. The molecule has 1 N–H and O–H groups in total. The van der Waals surface area contributed by atoms with Crippen LogP contribution in [0, 0.1) is 0 Å². The third kappa shape index (κ3) is 1.62. The minimum absolute atomic E-state index is 0.146. The number of fused-ring (bicyclic) bond motifs is 1. The van der Waals surface area contributed by atoms with Crippen LogP contribution in [-0.4, -0.2) is 32.4 Å². The highest BCUT2D eigenvalue weighted by atomic mass is 16.5. The molecule has 15 heavy (non-hydrogen) atoms. The molecule has 1 heterocycles. The van der Waals surface area contributed by atoms with Crippen molar-refractivity contribution in [1.82, 2.24) is 4.48 Å². The standard InChI is InChI=1S/C12H18NO2/c1-8-11(14)9-6-5-7-10(12(9)15-8)13(2,3)4/h5-8,11,14H,1-4H3/q+1/t8-,11-/m1/s1. The van der Waals surface area contributed by atoms with E-state index >= 15 is 0 Å². The minimum Gasteiger partial charge on any atom is -0.481 e. The van der Waals surface area contributed by atoms with Crippen molar-refractivity contribution < 1.29 is 9.84 Å². The summed E-state index contributed by atoms with van der Waals surface area (Å²) in [5.74, 6) is 0.852. The second-order valence-corrected chi connectivity index (χ2v) is 4.98. The summed E-state index contributed by atoms with van der Waals surface area (Å²) in [6.45, 7) is 1.89.